The molecule has 0 aromatic heterocycles. The molecule has 0 amide bonds. The highest BCUT2D eigenvalue weighted by molar-refractivity contribution is 5.85. The number of esters is 1. The lowest BCUT2D eigenvalue weighted by atomic mass is 9.45. The van der Waals surface area contributed by atoms with Crippen LogP contribution < -0.4 is 0 Å². The van der Waals surface area contributed by atoms with Crippen LogP contribution in [0.25, 0.3) is 0 Å². The molecule has 4 nitrogen and oxygen atoms in total. The minimum Gasteiger partial charge on any atom is -0.454 e. The predicted octanol–water partition coefficient (Wildman–Crippen LogP) is 4.94. The Bertz CT molecular complexity index is 691. The zero-order valence-corrected chi connectivity index (χ0v) is 19.0. The predicted molar refractivity (Wildman–Crippen MR) is 115 cm³/mol. The first-order valence-corrected chi connectivity index (χ1v) is 11.4. The van der Waals surface area contributed by atoms with Gasteiger partial charge in [0.05, 0.1) is 5.60 Å². The van der Waals surface area contributed by atoms with Crippen LogP contribution in [-0.2, 0) is 9.53 Å². The molecule has 0 radical (unpaired) electrons. The topological polar surface area (TPSA) is 66.8 Å². The van der Waals surface area contributed by atoms with Crippen LogP contribution in [0.15, 0.2) is 23.3 Å². The molecule has 0 aromatic carbocycles. The molecule has 164 valence electrons. The van der Waals surface area contributed by atoms with Crippen molar-refractivity contribution in [1.82, 2.24) is 0 Å². The lowest BCUT2D eigenvalue weighted by Crippen LogP contribution is -2.58. The van der Waals surface area contributed by atoms with Gasteiger partial charge < -0.3 is 14.9 Å². The summed E-state index contributed by atoms with van der Waals surface area (Å²) in [5, 5.41) is 21.5. The Kier molecular flexibility index (Phi) is 6.37. The standard InChI is InChI=1S/C25H40O4/c1-17(7-9-19-18(2)15-22(27)29-19)8-10-21-24(4)13-6-12-23(3,16-26)20(24)11-14-25(21,5)28/h7,15,19-21,26,28H,6,8-14,16H2,1-5H3/b17-7+/t19?,20-,21+,23-,24-,25+/m0/s1. The van der Waals surface area contributed by atoms with Crippen LogP contribution in [0.5, 0.6) is 0 Å². The highest BCUT2D eigenvalue weighted by Crippen LogP contribution is 2.63. The fraction of sp³-hybridized carbons (Fsp3) is 0.800. The smallest absolute Gasteiger partial charge is 0.331 e. The van der Waals surface area contributed by atoms with Crippen LogP contribution >= 0.6 is 0 Å². The molecule has 4 heteroatoms. The van der Waals surface area contributed by atoms with Gasteiger partial charge in [0.25, 0.3) is 0 Å². The van der Waals surface area contributed by atoms with Crippen LogP contribution in [0.3, 0.4) is 0 Å². The second kappa shape index (κ2) is 8.19. The molecular formula is C25H40O4. The van der Waals surface area contributed by atoms with Crippen molar-refractivity contribution in [3.05, 3.63) is 23.3 Å². The van der Waals surface area contributed by atoms with E-state index in [1.54, 1.807) is 6.08 Å². The number of fused-ring (bicyclic) bond motifs is 1. The molecule has 6 atom stereocenters. The summed E-state index contributed by atoms with van der Waals surface area (Å²) in [6, 6.07) is 0. The van der Waals surface area contributed by atoms with E-state index >= 15 is 0 Å². The maximum absolute atomic E-state index is 11.4. The molecule has 0 saturated heterocycles. The molecule has 2 saturated carbocycles. The first-order chi connectivity index (χ1) is 13.5. The Balaban J connectivity index is 1.70. The normalized spacial score (nSPS) is 43.0. The van der Waals surface area contributed by atoms with E-state index in [-0.39, 0.29) is 35.4 Å². The van der Waals surface area contributed by atoms with Crippen molar-refractivity contribution < 1.29 is 19.7 Å². The summed E-state index contributed by atoms with van der Waals surface area (Å²) in [6.45, 7) is 11.0. The lowest BCUT2D eigenvalue weighted by molar-refractivity contribution is -0.179. The van der Waals surface area contributed by atoms with E-state index in [1.807, 2.05) is 13.8 Å². The van der Waals surface area contributed by atoms with Gasteiger partial charge in [-0.05, 0) is 87.5 Å². The van der Waals surface area contributed by atoms with Crippen molar-refractivity contribution >= 4 is 5.97 Å². The molecule has 0 spiro atoms. The number of hydrogen-bond donors (Lipinski definition) is 2. The highest BCUT2D eigenvalue weighted by atomic mass is 16.5. The van der Waals surface area contributed by atoms with E-state index in [1.165, 1.54) is 5.57 Å². The van der Waals surface area contributed by atoms with E-state index in [0.29, 0.717) is 5.92 Å². The fourth-order valence-electron chi connectivity index (χ4n) is 6.83. The molecule has 29 heavy (non-hydrogen) atoms. The molecule has 2 fully saturated rings. The molecular weight excluding hydrogens is 364 g/mol. The summed E-state index contributed by atoms with van der Waals surface area (Å²) < 4.78 is 5.33. The largest absolute Gasteiger partial charge is 0.454 e. The van der Waals surface area contributed by atoms with E-state index in [0.717, 1.165) is 56.9 Å². The van der Waals surface area contributed by atoms with Gasteiger partial charge in [0, 0.05) is 19.1 Å². The van der Waals surface area contributed by atoms with E-state index in [4.69, 9.17) is 4.74 Å². The van der Waals surface area contributed by atoms with E-state index in [2.05, 4.69) is 26.8 Å². The fourth-order valence-corrected chi connectivity index (χ4v) is 6.83. The molecule has 3 rings (SSSR count). The van der Waals surface area contributed by atoms with E-state index < -0.39 is 5.60 Å². The first-order valence-electron chi connectivity index (χ1n) is 11.4. The Morgan fingerprint density at radius 1 is 1.28 bits per heavy atom. The Morgan fingerprint density at radius 3 is 2.62 bits per heavy atom. The van der Waals surface area contributed by atoms with Crippen LogP contribution in [0, 0.1) is 22.7 Å². The third-order valence-electron chi connectivity index (χ3n) is 8.57. The summed E-state index contributed by atoms with van der Waals surface area (Å²) in [7, 11) is 0. The van der Waals surface area contributed by atoms with Gasteiger partial charge in [-0.15, -0.1) is 0 Å². The van der Waals surface area contributed by atoms with Crippen molar-refractivity contribution in [2.24, 2.45) is 22.7 Å². The number of allylic oxidation sites excluding steroid dienone is 1. The van der Waals surface area contributed by atoms with Gasteiger partial charge in [-0.1, -0.05) is 31.9 Å². The number of aliphatic hydroxyl groups is 2. The zero-order valence-electron chi connectivity index (χ0n) is 19.0. The molecule has 0 aromatic rings. The Morgan fingerprint density at radius 2 is 2.00 bits per heavy atom. The minimum atomic E-state index is -0.653. The van der Waals surface area contributed by atoms with Gasteiger partial charge in [0.15, 0.2) is 0 Å². The number of ether oxygens (including phenoxy) is 1. The molecule has 1 heterocycles. The van der Waals surface area contributed by atoms with Crippen molar-refractivity contribution in [1.29, 1.82) is 0 Å². The molecule has 1 aliphatic heterocycles. The molecule has 3 aliphatic rings. The zero-order chi connectivity index (χ0) is 21.4. The number of cyclic esters (lactones) is 1. The van der Waals surface area contributed by atoms with Crippen LogP contribution in [-0.4, -0.2) is 34.5 Å². The summed E-state index contributed by atoms with van der Waals surface area (Å²) in [6.07, 6.45) is 11.5. The van der Waals surface area contributed by atoms with Crippen molar-refractivity contribution in [2.45, 2.75) is 97.7 Å². The summed E-state index contributed by atoms with van der Waals surface area (Å²) in [4.78, 5) is 11.4. The molecule has 1 unspecified atom stereocenters. The number of rotatable bonds is 6. The number of carbonyl (C=O) groups excluding carboxylic acids is 1. The second-order valence-electron chi connectivity index (χ2n) is 10.8. The van der Waals surface area contributed by atoms with Crippen LogP contribution in [0.2, 0.25) is 0 Å². The van der Waals surface area contributed by atoms with E-state index in [9.17, 15) is 15.0 Å². The monoisotopic (exact) mass is 404 g/mol. The minimum absolute atomic E-state index is 0.0250. The SMILES string of the molecule is CC1=CC(=O)OC1C/C=C(\C)CC[C@@H]1[C@@]2(C)CCC[C@@](C)(CO)[C@@H]2CC[C@@]1(C)O. The molecule has 2 N–H and O–H groups in total. The first kappa shape index (κ1) is 22.6. The second-order valence-corrected chi connectivity index (χ2v) is 10.8. The van der Waals surface area contributed by atoms with Crippen molar-refractivity contribution in [3.8, 4) is 0 Å². The van der Waals surface area contributed by atoms with Gasteiger partial charge in [-0.25, -0.2) is 4.79 Å². The van der Waals surface area contributed by atoms with Gasteiger partial charge in [-0.2, -0.15) is 0 Å². The number of hydrogen-bond acceptors (Lipinski definition) is 4. The maximum Gasteiger partial charge on any atom is 0.331 e. The Labute approximate surface area is 176 Å². The Hall–Kier alpha value is -1.13. The summed E-state index contributed by atoms with van der Waals surface area (Å²) in [5.74, 6) is 0.461. The highest BCUT2D eigenvalue weighted by Gasteiger charge is 2.58. The third-order valence-corrected chi connectivity index (χ3v) is 8.57. The van der Waals surface area contributed by atoms with Gasteiger partial charge in [-0.3, -0.25) is 0 Å². The molecule has 0 bridgehead atoms. The van der Waals surface area contributed by atoms with Gasteiger partial charge in [0.2, 0.25) is 0 Å². The van der Waals surface area contributed by atoms with Crippen LogP contribution in [0.1, 0.15) is 86.0 Å². The maximum atomic E-state index is 11.4. The van der Waals surface area contributed by atoms with Crippen molar-refractivity contribution in [2.75, 3.05) is 6.61 Å². The average Bonchev–Trinajstić information content (AvgIpc) is 2.96. The number of aliphatic hydroxyl groups excluding tert-OH is 1. The van der Waals surface area contributed by atoms with Crippen LogP contribution in [0.4, 0.5) is 0 Å². The van der Waals surface area contributed by atoms with Crippen molar-refractivity contribution in [3.63, 3.8) is 0 Å². The summed E-state index contributed by atoms with van der Waals surface area (Å²) >= 11 is 0. The molecule has 2 aliphatic carbocycles. The summed E-state index contributed by atoms with van der Waals surface area (Å²) in [5.41, 5.74) is 1.68. The number of carbonyl (C=O) groups is 1. The van der Waals surface area contributed by atoms with Gasteiger partial charge in [0.1, 0.15) is 6.10 Å². The quantitative estimate of drug-likeness (QED) is 0.486. The lowest BCUT2D eigenvalue weighted by Gasteiger charge is -2.61. The van der Waals surface area contributed by atoms with Gasteiger partial charge >= 0.3 is 5.97 Å². The average molecular weight is 405 g/mol. The third kappa shape index (κ3) is 4.34.